The van der Waals surface area contributed by atoms with Crippen LogP contribution < -0.4 is 10.6 Å². The fourth-order valence-electron chi connectivity index (χ4n) is 2.02. The molecule has 0 aliphatic heterocycles. The van der Waals surface area contributed by atoms with Gasteiger partial charge in [-0.15, -0.1) is 0 Å². The molecule has 0 radical (unpaired) electrons. The lowest BCUT2D eigenvalue weighted by atomic mass is 10.1. The second-order valence-corrected chi connectivity index (χ2v) is 4.72. The Bertz CT molecular complexity index is 569. The molecule has 0 saturated carbocycles. The number of carbonyl (C=O) groups excluding carboxylic acids is 1. The van der Waals surface area contributed by atoms with Crippen LogP contribution in [-0.2, 0) is 11.3 Å². The number of para-hydroxylation sites is 1. The van der Waals surface area contributed by atoms with Crippen LogP contribution in [0.5, 0.6) is 0 Å². The molecule has 2 N–H and O–H groups in total. The zero-order valence-electron chi connectivity index (χ0n) is 11.8. The van der Waals surface area contributed by atoms with E-state index in [-0.39, 0.29) is 11.9 Å². The smallest absolute Gasteiger partial charge is 0.221 e. The fraction of sp³-hybridized carbons (Fsp3) is 0.250. The van der Waals surface area contributed by atoms with Crippen molar-refractivity contribution in [1.82, 2.24) is 10.3 Å². The van der Waals surface area contributed by atoms with Gasteiger partial charge in [-0.2, -0.15) is 0 Å². The van der Waals surface area contributed by atoms with Gasteiger partial charge in [0.25, 0.3) is 0 Å². The molecule has 2 rings (SSSR count). The van der Waals surface area contributed by atoms with Crippen LogP contribution in [0.3, 0.4) is 0 Å². The summed E-state index contributed by atoms with van der Waals surface area (Å²) in [5.74, 6) is -0.0559. The Hall–Kier alpha value is -2.20. The highest BCUT2D eigenvalue weighted by molar-refractivity contribution is 5.89. The van der Waals surface area contributed by atoms with Crippen LogP contribution in [0, 0.1) is 0 Å². The van der Waals surface area contributed by atoms with Gasteiger partial charge in [-0.3, -0.25) is 9.78 Å². The summed E-state index contributed by atoms with van der Waals surface area (Å²) in [5.41, 5.74) is 3.12. The van der Waals surface area contributed by atoms with Crippen molar-refractivity contribution in [2.24, 2.45) is 0 Å². The van der Waals surface area contributed by atoms with Crippen molar-refractivity contribution in [2.45, 2.75) is 26.4 Å². The molecule has 0 bridgehead atoms. The first-order chi connectivity index (χ1) is 9.66. The molecule has 1 unspecified atom stereocenters. The molecule has 0 fully saturated rings. The summed E-state index contributed by atoms with van der Waals surface area (Å²) in [4.78, 5) is 15.2. The molecular weight excluding hydrogens is 250 g/mol. The number of hydrogen-bond acceptors (Lipinski definition) is 3. The lowest BCUT2D eigenvalue weighted by Crippen LogP contribution is -2.19. The third-order valence-electron chi connectivity index (χ3n) is 3.13. The van der Waals surface area contributed by atoms with E-state index in [1.807, 2.05) is 36.4 Å². The standard InChI is InChI=1S/C16H19N3O/c1-12(14-7-9-17-10-8-14)18-11-15-5-3-4-6-16(15)19-13(2)20/h3-10,12,18H,11H2,1-2H3,(H,19,20). The summed E-state index contributed by atoms with van der Waals surface area (Å²) in [6.45, 7) is 4.32. The third kappa shape index (κ3) is 3.90. The van der Waals surface area contributed by atoms with Crippen LogP contribution in [0.15, 0.2) is 48.8 Å². The monoisotopic (exact) mass is 269 g/mol. The molecule has 4 nitrogen and oxygen atoms in total. The summed E-state index contributed by atoms with van der Waals surface area (Å²) >= 11 is 0. The Kier molecular flexibility index (Phi) is 4.85. The number of benzene rings is 1. The Morgan fingerprint density at radius 2 is 1.90 bits per heavy atom. The van der Waals surface area contributed by atoms with Gasteiger partial charge in [0.15, 0.2) is 0 Å². The molecule has 0 spiro atoms. The van der Waals surface area contributed by atoms with Crippen molar-refractivity contribution in [3.8, 4) is 0 Å². The van der Waals surface area contributed by atoms with Crippen molar-refractivity contribution >= 4 is 11.6 Å². The van der Waals surface area contributed by atoms with E-state index in [4.69, 9.17) is 0 Å². The second-order valence-electron chi connectivity index (χ2n) is 4.72. The lowest BCUT2D eigenvalue weighted by molar-refractivity contribution is -0.114. The predicted octanol–water partition coefficient (Wildman–Crippen LogP) is 2.89. The number of pyridine rings is 1. The van der Waals surface area contributed by atoms with Gasteiger partial charge in [0.05, 0.1) is 0 Å². The maximum Gasteiger partial charge on any atom is 0.221 e. The highest BCUT2D eigenvalue weighted by atomic mass is 16.1. The molecule has 1 amide bonds. The lowest BCUT2D eigenvalue weighted by Gasteiger charge is -2.16. The van der Waals surface area contributed by atoms with Crippen molar-refractivity contribution in [2.75, 3.05) is 5.32 Å². The van der Waals surface area contributed by atoms with E-state index in [2.05, 4.69) is 22.5 Å². The number of anilines is 1. The molecule has 4 heteroatoms. The average Bonchev–Trinajstić information content (AvgIpc) is 2.46. The SMILES string of the molecule is CC(=O)Nc1ccccc1CNC(C)c1ccncc1. The van der Waals surface area contributed by atoms with Crippen molar-refractivity contribution < 1.29 is 4.79 Å². The third-order valence-corrected chi connectivity index (χ3v) is 3.13. The fourth-order valence-corrected chi connectivity index (χ4v) is 2.02. The zero-order chi connectivity index (χ0) is 14.4. The summed E-state index contributed by atoms with van der Waals surface area (Å²) in [6.07, 6.45) is 3.58. The van der Waals surface area contributed by atoms with Gasteiger partial charge < -0.3 is 10.6 Å². The minimum absolute atomic E-state index is 0.0559. The van der Waals surface area contributed by atoms with E-state index in [9.17, 15) is 4.79 Å². The first-order valence-electron chi connectivity index (χ1n) is 6.65. The van der Waals surface area contributed by atoms with E-state index in [0.717, 1.165) is 11.3 Å². The maximum absolute atomic E-state index is 11.2. The van der Waals surface area contributed by atoms with Gasteiger partial charge in [0.2, 0.25) is 5.91 Å². The quantitative estimate of drug-likeness (QED) is 0.877. The highest BCUT2D eigenvalue weighted by Crippen LogP contribution is 2.17. The number of aromatic nitrogens is 1. The number of hydrogen-bond donors (Lipinski definition) is 2. The molecule has 1 atom stereocenters. The Morgan fingerprint density at radius 3 is 2.60 bits per heavy atom. The predicted molar refractivity (Wildman–Crippen MR) is 80.2 cm³/mol. The number of rotatable bonds is 5. The molecule has 104 valence electrons. The number of amides is 1. The summed E-state index contributed by atoms with van der Waals surface area (Å²) in [5, 5.41) is 6.30. The van der Waals surface area contributed by atoms with Crippen LogP contribution in [0.2, 0.25) is 0 Å². The molecular formula is C16H19N3O. The van der Waals surface area contributed by atoms with Crippen LogP contribution in [0.1, 0.15) is 31.0 Å². The van der Waals surface area contributed by atoms with Gasteiger partial charge >= 0.3 is 0 Å². The molecule has 20 heavy (non-hydrogen) atoms. The summed E-state index contributed by atoms with van der Waals surface area (Å²) in [6, 6.07) is 12.0. The Balaban J connectivity index is 2.02. The normalized spacial score (nSPS) is 11.9. The molecule has 0 aliphatic rings. The van der Waals surface area contributed by atoms with Gasteiger partial charge in [-0.25, -0.2) is 0 Å². The van der Waals surface area contributed by atoms with Gasteiger partial charge in [0, 0.05) is 37.6 Å². The van der Waals surface area contributed by atoms with Crippen LogP contribution in [-0.4, -0.2) is 10.9 Å². The maximum atomic E-state index is 11.2. The van der Waals surface area contributed by atoms with Crippen LogP contribution in [0.4, 0.5) is 5.69 Å². The first kappa shape index (κ1) is 14.2. The van der Waals surface area contributed by atoms with E-state index < -0.39 is 0 Å². The minimum Gasteiger partial charge on any atom is -0.326 e. The first-order valence-corrected chi connectivity index (χ1v) is 6.65. The molecule has 1 aromatic heterocycles. The van der Waals surface area contributed by atoms with Crippen molar-refractivity contribution in [1.29, 1.82) is 0 Å². The highest BCUT2D eigenvalue weighted by Gasteiger charge is 2.07. The largest absolute Gasteiger partial charge is 0.326 e. The van der Waals surface area contributed by atoms with E-state index >= 15 is 0 Å². The van der Waals surface area contributed by atoms with Gasteiger partial charge in [0.1, 0.15) is 0 Å². The van der Waals surface area contributed by atoms with Crippen LogP contribution >= 0.6 is 0 Å². The number of nitrogens with one attached hydrogen (secondary N) is 2. The number of nitrogens with zero attached hydrogens (tertiary/aromatic N) is 1. The van der Waals surface area contributed by atoms with Crippen molar-refractivity contribution in [3.05, 3.63) is 59.9 Å². The number of carbonyl (C=O) groups is 1. The van der Waals surface area contributed by atoms with Gasteiger partial charge in [-0.1, -0.05) is 18.2 Å². The molecule has 0 saturated heterocycles. The second kappa shape index (κ2) is 6.82. The molecule has 0 aliphatic carbocycles. The van der Waals surface area contributed by atoms with Crippen LogP contribution in [0.25, 0.3) is 0 Å². The minimum atomic E-state index is -0.0559. The molecule has 1 aromatic carbocycles. The van der Waals surface area contributed by atoms with Crippen molar-refractivity contribution in [3.63, 3.8) is 0 Å². The van der Waals surface area contributed by atoms with E-state index in [0.29, 0.717) is 6.54 Å². The summed E-state index contributed by atoms with van der Waals surface area (Å²) < 4.78 is 0. The summed E-state index contributed by atoms with van der Waals surface area (Å²) in [7, 11) is 0. The zero-order valence-corrected chi connectivity index (χ0v) is 11.8. The molecule has 1 heterocycles. The molecule has 2 aromatic rings. The van der Waals surface area contributed by atoms with Gasteiger partial charge in [-0.05, 0) is 36.2 Å². The Labute approximate surface area is 119 Å². The van der Waals surface area contributed by atoms with E-state index in [1.54, 1.807) is 12.4 Å². The topological polar surface area (TPSA) is 54.0 Å². The Morgan fingerprint density at radius 1 is 1.20 bits per heavy atom. The van der Waals surface area contributed by atoms with E-state index in [1.165, 1.54) is 12.5 Å². The average molecular weight is 269 g/mol.